The fourth-order valence-corrected chi connectivity index (χ4v) is 3.86. The largest absolute Gasteiger partial charge is 0.300 e. The minimum absolute atomic E-state index is 0.105. The monoisotopic (exact) mass is 358 g/mol. The van der Waals surface area contributed by atoms with Gasteiger partial charge in [0.15, 0.2) is 5.17 Å². The SMILES string of the molecule is Cc1ccc(N=C2NC(=O)/C(=C\c3cccc4ccccc34)S2)c(C)c1. The zero-order valence-electron chi connectivity index (χ0n) is 14.6. The molecule has 1 saturated heterocycles. The van der Waals surface area contributed by atoms with Gasteiger partial charge in [0.1, 0.15) is 0 Å². The number of rotatable bonds is 2. The predicted molar refractivity (Wildman–Crippen MR) is 111 cm³/mol. The molecule has 128 valence electrons. The first kappa shape index (κ1) is 16.6. The van der Waals surface area contributed by atoms with Crippen molar-refractivity contribution in [3.63, 3.8) is 0 Å². The van der Waals surface area contributed by atoms with Crippen LogP contribution in [0.2, 0.25) is 0 Å². The standard InChI is InChI=1S/C22H18N2OS/c1-14-10-11-19(15(2)12-14)23-22-24-21(25)20(26-22)13-17-8-5-7-16-6-3-4-9-18(16)17/h3-13H,1-2H3,(H,23,24,25)/b20-13+. The van der Waals surface area contributed by atoms with Crippen LogP contribution in [-0.4, -0.2) is 11.1 Å². The van der Waals surface area contributed by atoms with Crippen molar-refractivity contribution in [2.24, 2.45) is 4.99 Å². The lowest BCUT2D eigenvalue weighted by atomic mass is 10.0. The van der Waals surface area contributed by atoms with Crippen molar-refractivity contribution in [2.75, 3.05) is 0 Å². The molecular weight excluding hydrogens is 340 g/mol. The summed E-state index contributed by atoms with van der Waals surface area (Å²) in [6.07, 6.45) is 1.94. The highest BCUT2D eigenvalue weighted by Gasteiger charge is 2.24. The van der Waals surface area contributed by atoms with E-state index in [1.54, 1.807) is 0 Å². The second-order valence-corrected chi connectivity index (χ2v) is 7.37. The second kappa shape index (κ2) is 6.81. The molecule has 0 unspecified atom stereocenters. The van der Waals surface area contributed by atoms with Crippen LogP contribution in [0.5, 0.6) is 0 Å². The number of fused-ring (bicyclic) bond motifs is 1. The van der Waals surface area contributed by atoms with Crippen LogP contribution in [0, 0.1) is 13.8 Å². The van der Waals surface area contributed by atoms with Gasteiger partial charge in [-0.1, -0.05) is 60.2 Å². The van der Waals surface area contributed by atoms with E-state index in [-0.39, 0.29) is 5.91 Å². The molecular formula is C22H18N2OS. The zero-order valence-corrected chi connectivity index (χ0v) is 15.4. The van der Waals surface area contributed by atoms with Crippen LogP contribution in [0.25, 0.3) is 16.8 Å². The first-order valence-corrected chi connectivity index (χ1v) is 9.26. The molecule has 0 aliphatic carbocycles. The van der Waals surface area contributed by atoms with Gasteiger partial charge in [0, 0.05) is 0 Å². The van der Waals surface area contributed by atoms with E-state index in [4.69, 9.17) is 0 Å². The molecule has 3 aromatic rings. The number of nitrogens with zero attached hydrogens (tertiary/aromatic N) is 1. The van der Waals surface area contributed by atoms with Gasteiger partial charge >= 0.3 is 0 Å². The zero-order chi connectivity index (χ0) is 18.1. The van der Waals surface area contributed by atoms with E-state index < -0.39 is 0 Å². The quantitative estimate of drug-likeness (QED) is 0.628. The predicted octanol–water partition coefficient (Wildman–Crippen LogP) is 5.35. The first-order chi connectivity index (χ1) is 12.6. The van der Waals surface area contributed by atoms with Crippen molar-refractivity contribution < 1.29 is 4.79 Å². The number of hydrogen-bond acceptors (Lipinski definition) is 3. The Balaban J connectivity index is 1.67. The molecule has 0 spiro atoms. The van der Waals surface area contributed by atoms with Crippen LogP contribution in [0.3, 0.4) is 0 Å². The number of amides is 1. The van der Waals surface area contributed by atoms with Crippen LogP contribution in [0.4, 0.5) is 5.69 Å². The molecule has 0 saturated carbocycles. The number of nitrogens with one attached hydrogen (secondary N) is 1. The van der Waals surface area contributed by atoms with Gasteiger partial charge in [-0.05, 0) is 59.7 Å². The molecule has 0 aromatic heterocycles. The Hall–Kier alpha value is -2.85. The molecule has 1 fully saturated rings. The van der Waals surface area contributed by atoms with Crippen molar-refractivity contribution >= 4 is 45.4 Å². The van der Waals surface area contributed by atoms with Gasteiger partial charge in [-0.25, -0.2) is 4.99 Å². The molecule has 1 amide bonds. The molecule has 3 aromatic carbocycles. The van der Waals surface area contributed by atoms with Crippen LogP contribution in [-0.2, 0) is 4.79 Å². The molecule has 4 heteroatoms. The van der Waals surface area contributed by atoms with Crippen LogP contribution >= 0.6 is 11.8 Å². The summed E-state index contributed by atoms with van der Waals surface area (Å²) in [6.45, 7) is 4.09. The van der Waals surface area contributed by atoms with Crippen LogP contribution in [0.1, 0.15) is 16.7 Å². The van der Waals surface area contributed by atoms with E-state index in [0.29, 0.717) is 10.1 Å². The summed E-state index contributed by atoms with van der Waals surface area (Å²) in [5.41, 5.74) is 4.21. The molecule has 0 radical (unpaired) electrons. The number of thioether (sulfide) groups is 1. The number of amidine groups is 1. The number of benzene rings is 3. The fourth-order valence-electron chi connectivity index (χ4n) is 3.04. The third-order valence-corrected chi connectivity index (χ3v) is 5.24. The lowest BCUT2D eigenvalue weighted by Gasteiger charge is -2.02. The van der Waals surface area contributed by atoms with E-state index in [1.807, 2.05) is 49.4 Å². The van der Waals surface area contributed by atoms with Gasteiger partial charge in [-0.2, -0.15) is 0 Å². The van der Waals surface area contributed by atoms with Gasteiger partial charge in [0.05, 0.1) is 10.6 Å². The first-order valence-electron chi connectivity index (χ1n) is 8.45. The van der Waals surface area contributed by atoms with Gasteiger partial charge in [-0.15, -0.1) is 0 Å². The Morgan fingerprint density at radius 3 is 2.65 bits per heavy atom. The maximum Gasteiger partial charge on any atom is 0.264 e. The highest BCUT2D eigenvalue weighted by Crippen LogP contribution is 2.31. The van der Waals surface area contributed by atoms with Gasteiger partial charge in [0.2, 0.25) is 0 Å². The molecule has 1 N–H and O–H groups in total. The summed E-state index contributed by atoms with van der Waals surface area (Å²) in [6, 6.07) is 20.4. The molecule has 0 atom stereocenters. The minimum atomic E-state index is -0.105. The molecule has 1 aliphatic rings. The third kappa shape index (κ3) is 3.28. The van der Waals surface area contributed by atoms with Crippen molar-refractivity contribution in [3.05, 3.63) is 82.3 Å². The summed E-state index contributed by atoms with van der Waals surface area (Å²) in [4.78, 5) is 17.6. The van der Waals surface area contributed by atoms with Crippen molar-refractivity contribution in [2.45, 2.75) is 13.8 Å². The smallest absolute Gasteiger partial charge is 0.264 e. The van der Waals surface area contributed by atoms with Gasteiger partial charge in [-0.3, -0.25) is 4.79 Å². The normalized spacial score (nSPS) is 17.2. The average molecular weight is 358 g/mol. The molecule has 26 heavy (non-hydrogen) atoms. The summed E-state index contributed by atoms with van der Waals surface area (Å²) in [5.74, 6) is -0.105. The average Bonchev–Trinajstić information content (AvgIpc) is 2.97. The number of carbonyl (C=O) groups is 1. The third-order valence-electron chi connectivity index (χ3n) is 4.34. The highest BCUT2D eigenvalue weighted by molar-refractivity contribution is 8.18. The molecule has 1 heterocycles. The number of carbonyl (C=O) groups excluding carboxylic acids is 1. The lowest BCUT2D eigenvalue weighted by molar-refractivity contribution is -0.115. The fraction of sp³-hybridized carbons (Fsp3) is 0.0909. The molecule has 3 nitrogen and oxygen atoms in total. The van der Waals surface area contributed by atoms with E-state index >= 15 is 0 Å². The summed E-state index contributed by atoms with van der Waals surface area (Å²) in [7, 11) is 0. The van der Waals surface area contributed by atoms with Crippen molar-refractivity contribution in [1.82, 2.24) is 5.32 Å². The van der Waals surface area contributed by atoms with E-state index in [9.17, 15) is 4.79 Å². The van der Waals surface area contributed by atoms with Crippen molar-refractivity contribution in [3.8, 4) is 0 Å². The summed E-state index contributed by atoms with van der Waals surface area (Å²) in [5, 5.41) is 5.78. The summed E-state index contributed by atoms with van der Waals surface area (Å²) >= 11 is 1.38. The molecule has 0 bridgehead atoms. The Labute approximate surface area is 156 Å². The summed E-state index contributed by atoms with van der Waals surface area (Å²) < 4.78 is 0. The van der Waals surface area contributed by atoms with Crippen molar-refractivity contribution in [1.29, 1.82) is 0 Å². The molecule has 1 aliphatic heterocycles. The van der Waals surface area contributed by atoms with E-state index in [0.717, 1.165) is 27.6 Å². The second-order valence-electron chi connectivity index (χ2n) is 6.34. The maximum atomic E-state index is 12.4. The molecule has 4 rings (SSSR count). The van der Waals surface area contributed by atoms with Gasteiger partial charge in [0.25, 0.3) is 5.91 Å². The Bertz CT molecular complexity index is 1080. The minimum Gasteiger partial charge on any atom is -0.300 e. The number of aryl methyl sites for hydroxylation is 2. The number of hydrogen-bond donors (Lipinski definition) is 1. The van der Waals surface area contributed by atoms with E-state index in [2.05, 4.69) is 41.5 Å². The number of aliphatic imine (C=N–C) groups is 1. The maximum absolute atomic E-state index is 12.4. The Morgan fingerprint density at radius 1 is 1.00 bits per heavy atom. The Morgan fingerprint density at radius 2 is 1.81 bits per heavy atom. The van der Waals surface area contributed by atoms with Gasteiger partial charge < -0.3 is 5.32 Å². The topological polar surface area (TPSA) is 41.5 Å². The van der Waals surface area contributed by atoms with E-state index in [1.165, 1.54) is 17.3 Å². The Kier molecular flexibility index (Phi) is 4.35. The van der Waals surface area contributed by atoms with Crippen LogP contribution < -0.4 is 5.32 Å². The lowest BCUT2D eigenvalue weighted by Crippen LogP contribution is -2.19. The van der Waals surface area contributed by atoms with Crippen LogP contribution in [0.15, 0.2) is 70.6 Å². The highest BCUT2D eigenvalue weighted by atomic mass is 32.2.